The normalized spacial score (nSPS) is 12.6. The first kappa shape index (κ1) is 13.8. The zero-order chi connectivity index (χ0) is 13.7. The van der Waals surface area contributed by atoms with Crippen molar-refractivity contribution < 1.29 is 0 Å². The molecule has 1 heterocycles. The molecule has 1 atom stereocenters. The summed E-state index contributed by atoms with van der Waals surface area (Å²) in [5.41, 5.74) is 3.81. The van der Waals surface area contributed by atoms with Gasteiger partial charge in [0.25, 0.3) is 0 Å². The average molecular weight is 257 g/mol. The lowest BCUT2D eigenvalue weighted by molar-refractivity contribution is 0.571. The van der Waals surface area contributed by atoms with Crippen molar-refractivity contribution in [2.75, 3.05) is 6.54 Å². The summed E-state index contributed by atoms with van der Waals surface area (Å²) >= 11 is 0. The maximum Gasteiger partial charge on any atom is 0.0568 e. The number of rotatable bonds is 6. The van der Waals surface area contributed by atoms with Crippen molar-refractivity contribution in [2.24, 2.45) is 0 Å². The number of aryl methyl sites for hydroxylation is 1. The minimum Gasteiger partial charge on any atom is -0.310 e. The molecule has 0 radical (unpaired) electrons. The van der Waals surface area contributed by atoms with Crippen LogP contribution in [0.1, 0.15) is 38.8 Å². The Morgan fingerprint density at radius 1 is 1.26 bits per heavy atom. The van der Waals surface area contributed by atoms with Crippen LogP contribution in [0.2, 0.25) is 0 Å². The van der Waals surface area contributed by atoms with Crippen LogP contribution in [0.15, 0.2) is 36.7 Å². The Kier molecular flexibility index (Phi) is 4.74. The molecular weight excluding hydrogens is 234 g/mol. The largest absolute Gasteiger partial charge is 0.310 e. The molecule has 1 N–H and O–H groups in total. The van der Waals surface area contributed by atoms with Crippen LogP contribution >= 0.6 is 0 Å². The van der Waals surface area contributed by atoms with Gasteiger partial charge in [-0.1, -0.05) is 31.2 Å². The quantitative estimate of drug-likeness (QED) is 0.856. The van der Waals surface area contributed by atoms with Gasteiger partial charge in [-0.3, -0.25) is 4.68 Å². The topological polar surface area (TPSA) is 29.9 Å². The first-order chi connectivity index (χ1) is 9.26. The molecule has 1 unspecified atom stereocenters. The summed E-state index contributed by atoms with van der Waals surface area (Å²) in [6.07, 6.45) is 5.22. The van der Waals surface area contributed by atoms with Gasteiger partial charge in [-0.2, -0.15) is 5.10 Å². The van der Waals surface area contributed by atoms with Gasteiger partial charge >= 0.3 is 0 Å². The molecule has 2 rings (SSSR count). The van der Waals surface area contributed by atoms with Gasteiger partial charge in [-0.05, 0) is 37.9 Å². The van der Waals surface area contributed by atoms with Crippen molar-refractivity contribution >= 4 is 0 Å². The van der Waals surface area contributed by atoms with E-state index in [9.17, 15) is 0 Å². The first-order valence-electron chi connectivity index (χ1n) is 7.11. The van der Waals surface area contributed by atoms with Crippen LogP contribution in [0.5, 0.6) is 0 Å². The highest BCUT2D eigenvalue weighted by atomic mass is 15.3. The van der Waals surface area contributed by atoms with Crippen LogP contribution in [0.3, 0.4) is 0 Å². The van der Waals surface area contributed by atoms with Crippen LogP contribution in [-0.4, -0.2) is 16.3 Å². The van der Waals surface area contributed by atoms with Crippen molar-refractivity contribution in [1.82, 2.24) is 15.1 Å². The van der Waals surface area contributed by atoms with E-state index < -0.39 is 0 Å². The zero-order valence-electron chi connectivity index (χ0n) is 12.1. The fraction of sp³-hybridized carbons (Fsp3) is 0.438. The number of benzene rings is 1. The maximum absolute atomic E-state index is 4.37. The molecule has 1 aromatic heterocycles. The fourth-order valence-corrected chi connectivity index (χ4v) is 2.28. The molecule has 2 aromatic rings. The summed E-state index contributed by atoms with van der Waals surface area (Å²) in [4.78, 5) is 0. The molecule has 0 aliphatic heterocycles. The van der Waals surface area contributed by atoms with E-state index in [-0.39, 0.29) is 0 Å². The summed E-state index contributed by atoms with van der Waals surface area (Å²) in [5.74, 6) is 0. The second-order valence-electron chi connectivity index (χ2n) is 4.85. The Hall–Kier alpha value is -1.61. The van der Waals surface area contributed by atoms with Gasteiger partial charge < -0.3 is 5.32 Å². The molecule has 0 amide bonds. The van der Waals surface area contributed by atoms with Crippen LogP contribution in [0.25, 0.3) is 11.1 Å². The Morgan fingerprint density at radius 3 is 2.74 bits per heavy atom. The lowest BCUT2D eigenvalue weighted by atomic mass is 9.97. The summed E-state index contributed by atoms with van der Waals surface area (Å²) in [5, 5.41) is 7.92. The minimum atomic E-state index is 0.362. The van der Waals surface area contributed by atoms with Gasteiger partial charge in [-0.15, -0.1) is 0 Å². The molecule has 0 fully saturated rings. The van der Waals surface area contributed by atoms with E-state index in [4.69, 9.17) is 0 Å². The van der Waals surface area contributed by atoms with E-state index >= 15 is 0 Å². The van der Waals surface area contributed by atoms with Gasteiger partial charge in [0.2, 0.25) is 0 Å². The monoisotopic (exact) mass is 257 g/mol. The predicted octanol–water partition coefficient (Wildman–Crippen LogP) is 3.63. The third-order valence-corrected chi connectivity index (χ3v) is 3.40. The highest BCUT2D eigenvalue weighted by Gasteiger charge is 2.11. The highest BCUT2D eigenvalue weighted by molar-refractivity contribution is 5.66. The molecule has 1 aromatic carbocycles. The average Bonchev–Trinajstić information content (AvgIpc) is 2.93. The second-order valence-corrected chi connectivity index (χ2v) is 4.85. The molecular formula is C16H23N3. The molecule has 19 heavy (non-hydrogen) atoms. The van der Waals surface area contributed by atoms with E-state index in [1.54, 1.807) is 0 Å². The number of nitrogens with one attached hydrogen (secondary N) is 1. The van der Waals surface area contributed by atoms with E-state index in [0.29, 0.717) is 6.04 Å². The Labute approximate surface area is 115 Å². The van der Waals surface area contributed by atoms with Crippen LogP contribution in [0.4, 0.5) is 0 Å². The Balaban J connectivity index is 2.29. The van der Waals surface area contributed by atoms with E-state index in [1.807, 2.05) is 10.9 Å². The second kappa shape index (κ2) is 6.53. The van der Waals surface area contributed by atoms with Gasteiger partial charge in [0, 0.05) is 24.3 Å². The Morgan fingerprint density at radius 2 is 2.05 bits per heavy atom. The third-order valence-electron chi connectivity index (χ3n) is 3.40. The van der Waals surface area contributed by atoms with Crippen molar-refractivity contribution in [3.8, 4) is 11.1 Å². The summed E-state index contributed by atoms with van der Waals surface area (Å²) in [6.45, 7) is 8.47. The third kappa shape index (κ3) is 3.24. The van der Waals surface area contributed by atoms with Crippen molar-refractivity contribution in [3.05, 3.63) is 42.2 Å². The van der Waals surface area contributed by atoms with Crippen LogP contribution < -0.4 is 5.32 Å². The van der Waals surface area contributed by atoms with E-state index in [2.05, 4.69) is 61.6 Å². The lowest BCUT2D eigenvalue weighted by Crippen LogP contribution is -2.19. The summed E-state index contributed by atoms with van der Waals surface area (Å²) in [7, 11) is 0. The van der Waals surface area contributed by atoms with Crippen LogP contribution in [0, 0.1) is 0 Å². The molecule has 0 aliphatic carbocycles. The number of aromatic nitrogens is 2. The molecule has 0 aliphatic rings. The van der Waals surface area contributed by atoms with E-state index in [1.165, 1.54) is 16.7 Å². The molecule has 0 bridgehead atoms. The van der Waals surface area contributed by atoms with Crippen molar-refractivity contribution in [3.63, 3.8) is 0 Å². The summed E-state index contributed by atoms with van der Waals surface area (Å²) in [6, 6.07) is 8.94. The standard InChI is InChI=1S/C16H23N3/c1-4-10-17-13(3)15-8-6-7-9-16(15)14-11-18-19(5-2)12-14/h6-9,11-13,17H,4-5,10H2,1-3H3. The number of hydrogen-bond acceptors (Lipinski definition) is 2. The Bertz CT molecular complexity index is 516. The van der Waals surface area contributed by atoms with Crippen molar-refractivity contribution in [1.29, 1.82) is 0 Å². The summed E-state index contributed by atoms with van der Waals surface area (Å²) < 4.78 is 1.97. The lowest BCUT2D eigenvalue weighted by Gasteiger charge is -2.17. The number of hydrogen-bond donors (Lipinski definition) is 1. The van der Waals surface area contributed by atoms with Gasteiger partial charge in [0.05, 0.1) is 6.20 Å². The van der Waals surface area contributed by atoms with Gasteiger partial charge in [-0.25, -0.2) is 0 Å². The smallest absolute Gasteiger partial charge is 0.0568 e. The van der Waals surface area contributed by atoms with Crippen LogP contribution in [-0.2, 0) is 6.54 Å². The van der Waals surface area contributed by atoms with Gasteiger partial charge in [0.1, 0.15) is 0 Å². The molecule has 0 saturated heterocycles. The van der Waals surface area contributed by atoms with Gasteiger partial charge in [0.15, 0.2) is 0 Å². The molecule has 3 nitrogen and oxygen atoms in total. The zero-order valence-corrected chi connectivity index (χ0v) is 12.1. The molecule has 0 spiro atoms. The number of nitrogens with zero attached hydrogens (tertiary/aromatic N) is 2. The molecule has 0 saturated carbocycles. The predicted molar refractivity (Wildman–Crippen MR) is 80.0 cm³/mol. The highest BCUT2D eigenvalue weighted by Crippen LogP contribution is 2.27. The maximum atomic E-state index is 4.37. The minimum absolute atomic E-state index is 0.362. The van der Waals surface area contributed by atoms with Crippen molar-refractivity contribution in [2.45, 2.75) is 39.8 Å². The molecule has 102 valence electrons. The van der Waals surface area contributed by atoms with E-state index in [0.717, 1.165) is 19.5 Å². The fourth-order valence-electron chi connectivity index (χ4n) is 2.28. The molecule has 3 heteroatoms. The SMILES string of the molecule is CCCNC(C)c1ccccc1-c1cnn(CC)c1. The first-order valence-corrected chi connectivity index (χ1v) is 7.11.